The normalized spacial score (nSPS) is 11.1. The van der Waals surface area contributed by atoms with E-state index in [9.17, 15) is 0 Å². The lowest BCUT2D eigenvalue weighted by Crippen LogP contribution is -1.99. The third-order valence-electron chi connectivity index (χ3n) is 2.47. The van der Waals surface area contributed by atoms with E-state index in [0.717, 1.165) is 24.9 Å². The van der Waals surface area contributed by atoms with Gasteiger partial charge in [0.05, 0.1) is 15.2 Å². The third-order valence-corrected chi connectivity index (χ3v) is 3.53. The average molecular weight is 220 g/mol. The molecule has 2 aromatic rings. The maximum absolute atomic E-state index is 5.50. The molecule has 0 fully saturated rings. The first-order valence-electron chi connectivity index (χ1n) is 5.27. The summed E-state index contributed by atoms with van der Waals surface area (Å²) in [5, 5.41) is 1.21. The van der Waals surface area contributed by atoms with Gasteiger partial charge < -0.3 is 5.73 Å². The fraction of sp³-hybridized carbons (Fsp3) is 0.417. The molecule has 1 aromatic carbocycles. The monoisotopic (exact) mass is 220 g/mol. The van der Waals surface area contributed by atoms with Gasteiger partial charge in [0.25, 0.3) is 0 Å². The van der Waals surface area contributed by atoms with Crippen molar-refractivity contribution in [3.05, 3.63) is 28.3 Å². The number of rotatable bonds is 3. The Bertz CT molecular complexity index is 474. The minimum atomic E-state index is 0.744. The van der Waals surface area contributed by atoms with E-state index in [1.54, 1.807) is 11.3 Å². The summed E-state index contributed by atoms with van der Waals surface area (Å²) in [5.41, 5.74) is 9.26. The molecule has 3 heteroatoms. The highest BCUT2D eigenvalue weighted by atomic mass is 32.1. The summed E-state index contributed by atoms with van der Waals surface area (Å²) in [7, 11) is 0. The molecule has 0 unspecified atom stereocenters. The second-order valence-electron chi connectivity index (χ2n) is 3.93. The van der Waals surface area contributed by atoms with E-state index in [4.69, 9.17) is 5.73 Å². The van der Waals surface area contributed by atoms with Crippen LogP contribution >= 0.6 is 11.3 Å². The molecule has 0 saturated heterocycles. The highest BCUT2D eigenvalue weighted by Crippen LogP contribution is 2.26. The first kappa shape index (κ1) is 10.6. The summed E-state index contributed by atoms with van der Waals surface area (Å²) < 4.78 is 1.31. The largest absolute Gasteiger partial charge is 0.330 e. The van der Waals surface area contributed by atoms with Gasteiger partial charge in [-0.25, -0.2) is 4.98 Å². The molecule has 0 bridgehead atoms. The Morgan fingerprint density at radius 2 is 2.13 bits per heavy atom. The second kappa shape index (κ2) is 4.29. The van der Waals surface area contributed by atoms with Crippen LogP contribution in [0, 0.1) is 13.8 Å². The number of hydrogen-bond acceptors (Lipinski definition) is 3. The topological polar surface area (TPSA) is 38.9 Å². The minimum absolute atomic E-state index is 0.744. The molecule has 0 radical (unpaired) electrons. The molecule has 1 heterocycles. The van der Waals surface area contributed by atoms with Gasteiger partial charge in [0, 0.05) is 6.42 Å². The lowest BCUT2D eigenvalue weighted by molar-refractivity contribution is 0.828. The van der Waals surface area contributed by atoms with Crippen molar-refractivity contribution in [3.63, 3.8) is 0 Å². The van der Waals surface area contributed by atoms with Crippen LogP contribution in [-0.4, -0.2) is 11.5 Å². The molecule has 0 aliphatic rings. The maximum Gasteiger partial charge on any atom is 0.0939 e. The lowest BCUT2D eigenvalue weighted by atomic mass is 10.1. The van der Waals surface area contributed by atoms with E-state index in [1.165, 1.54) is 20.8 Å². The molecule has 2 rings (SSSR count). The van der Waals surface area contributed by atoms with E-state index in [2.05, 4.69) is 31.0 Å². The summed E-state index contributed by atoms with van der Waals surface area (Å²) in [6, 6.07) is 4.40. The van der Waals surface area contributed by atoms with Crippen LogP contribution in [0.2, 0.25) is 0 Å². The molecule has 0 aliphatic heterocycles. The van der Waals surface area contributed by atoms with Gasteiger partial charge >= 0.3 is 0 Å². The molecule has 2 nitrogen and oxygen atoms in total. The van der Waals surface area contributed by atoms with Crippen LogP contribution in [0.15, 0.2) is 12.1 Å². The van der Waals surface area contributed by atoms with E-state index in [1.807, 2.05) is 0 Å². The van der Waals surface area contributed by atoms with Gasteiger partial charge in [0.1, 0.15) is 0 Å². The van der Waals surface area contributed by atoms with Crippen molar-refractivity contribution in [2.45, 2.75) is 26.7 Å². The zero-order valence-electron chi connectivity index (χ0n) is 9.21. The van der Waals surface area contributed by atoms with Gasteiger partial charge in [-0.15, -0.1) is 11.3 Å². The van der Waals surface area contributed by atoms with E-state index >= 15 is 0 Å². The molecule has 15 heavy (non-hydrogen) atoms. The van der Waals surface area contributed by atoms with Gasteiger partial charge in [-0.05, 0) is 44.0 Å². The molecule has 80 valence electrons. The van der Waals surface area contributed by atoms with Crippen LogP contribution in [0.3, 0.4) is 0 Å². The van der Waals surface area contributed by atoms with Gasteiger partial charge in [0.15, 0.2) is 0 Å². The van der Waals surface area contributed by atoms with Gasteiger partial charge in [-0.2, -0.15) is 0 Å². The number of thiazole rings is 1. The zero-order valence-corrected chi connectivity index (χ0v) is 10.0. The van der Waals surface area contributed by atoms with Gasteiger partial charge in [0.2, 0.25) is 0 Å². The Hall–Kier alpha value is -0.930. The summed E-state index contributed by atoms with van der Waals surface area (Å²) in [6.07, 6.45) is 2.03. The first-order chi connectivity index (χ1) is 7.20. The fourth-order valence-electron chi connectivity index (χ4n) is 1.78. The molecule has 0 atom stereocenters. The van der Waals surface area contributed by atoms with Gasteiger partial charge in [-0.1, -0.05) is 6.07 Å². The van der Waals surface area contributed by atoms with Crippen LogP contribution in [0.4, 0.5) is 0 Å². The van der Waals surface area contributed by atoms with Crippen LogP contribution in [0.5, 0.6) is 0 Å². The Morgan fingerprint density at radius 3 is 2.87 bits per heavy atom. The SMILES string of the molecule is Cc1cc(C)c2nc(CCCN)sc2c1. The smallest absolute Gasteiger partial charge is 0.0939 e. The summed E-state index contributed by atoms with van der Waals surface area (Å²) >= 11 is 1.80. The molecule has 2 N–H and O–H groups in total. The predicted octanol–water partition coefficient (Wildman–Crippen LogP) is 2.80. The van der Waals surface area contributed by atoms with Crippen LogP contribution in [0.25, 0.3) is 10.2 Å². The quantitative estimate of drug-likeness (QED) is 0.864. The predicted molar refractivity (Wildman–Crippen MR) is 66.5 cm³/mol. The molecular weight excluding hydrogens is 204 g/mol. The molecule has 0 amide bonds. The first-order valence-corrected chi connectivity index (χ1v) is 6.09. The number of benzene rings is 1. The Labute approximate surface area is 94.1 Å². The number of nitrogens with two attached hydrogens (primary N) is 1. The number of aromatic nitrogens is 1. The number of nitrogens with zero attached hydrogens (tertiary/aromatic N) is 1. The molecule has 0 spiro atoms. The van der Waals surface area contributed by atoms with Crippen molar-refractivity contribution in [2.24, 2.45) is 5.73 Å². The lowest BCUT2D eigenvalue weighted by Gasteiger charge is -1.96. The zero-order chi connectivity index (χ0) is 10.8. The Balaban J connectivity index is 2.41. The van der Waals surface area contributed by atoms with E-state index < -0.39 is 0 Å². The third kappa shape index (κ3) is 2.19. The maximum atomic E-state index is 5.50. The minimum Gasteiger partial charge on any atom is -0.330 e. The van der Waals surface area contributed by atoms with Crippen molar-refractivity contribution < 1.29 is 0 Å². The Morgan fingerprint density at radius 1 is 1.33 bits per heavy atom. The summed E-state index contributed by atoms with van der Waals surface area (Å²) in [5.74, 6) is 0. The van der Waals surface area contributed by atoms with Gasteiger partial charge in [-0.3, -0.25) is 0 Å². The van der Waals surface area contributed by atoms with Crippen LogP contribution in [-0.2, 0) is 6.42 Å². The van der Waals surface area contributed by atoms with Crippen molar-refractivity contribution in [1.82, 2.24) is 4.98 Å². The molecule has 1 aromatic heterocycles. The molecular formula is C12H16N2S. The fourth-order valence-corrected chi connectivity index (χ4v) is 2.96. The summed E-state index contributed by atoms with van der Waals surface area (Å²) in [4.78, 5) is 4.65. The molecule has 0 aliphatic carbocycles. The average Bonchev–Trinajstić information content (AvgIpc) is 2.57. The molecule has 0 saturated carbocycles. The van der Waals surface area contributed by atoms with Crippen molar-refractivity contribution in [3.8, 4) is 0 Å². The number of aryl methyl sites for hydroxylation is 3. The summed E-state index contributed by atoms with van der Waals surface area (Å²) in [6.45, 7) is 5.00. The van der Waals surface area contributed by atoms with Crippen molar-refractivity contribution >= 4 is 21.6 Å². The number of fused-ring (bicyclic) bond motifs is 1. The van der Waals surface area contributed by atoms with Crippen molar-refractivity contribution in [2.75, 3.05) is 6.54 Å². The van der Waals surface area contributed by atoms with Crippen LogP contribution in [0.1, 0.15) is 22.6 Å². The second-order valence-corrected chi connectivity index (χ2v) is 5.04. The van der Waals surface area contributed by atoms with E-state index in [-0.39, 0.29) is 0 Å². The standard InChI is InChI=1S/C12H16N2S/c1-8-6-9(2)12-10(7-8)15-11(14-12)4-3-5-13/h6-7H,3-5,13H2,1-2H3. The number of hydrogen-bond donors (Lipinski definition) is 1. The van der Waals surface area contributed by atoms with Crippen molar-refractivity contribution in [1.29, 1.82) is 0 Å². The highest BCUT2D eigenvalue weighted by Gasteiger charge is 2.06. The van der Waals surface area contributed by atoms with E-state index in [0.29, 0.717) is 0 Å². The van der Waals surface area contributed by atoms with Crippen LogP contribution < -0.4 is 5.73 Å². The Kier molecular flexibility index (Phi) is 3.03. The highest BCUT2D eigenvalue weighted by molar-refractivity contribution is 7.18.